The van der Waals surface area contributed by atoms with Crippen LogP contribution < -0.4 is 16.0 Å². The van der Waals surface area contributed by atoms with E-state index in [-0.39, 0.29) is 35.3 Å². The van der Waals surface area contributed by atoms with Crippen molar-refractivity contribution in [1.82, 2.24) is 10.6 Å². The molecular weight excluding hydrogens is 421 g/mol. The molecule has 0 saturated carbocycles. The first-order chi connectivity index (χ1) is 12.9. The van der Waals surface area contributed by atoms with Gasteiger partial charge < -0.3 is 16.0 Å². The summed E-state index contributed by atoms with van der Waals surface area (Å²) >= 11 is -0.312. The Morgan fingerprint density at radius 2 is 1.86 bits per heavy atom. The average molecular weight is 438 g/mol. The second-order valence-electron chi connectivity index (χ2n) is 5.51. The zero-order valence-corrected chi connectivity index (χ0v) is 16.2. The highest BCUT2D eigenvalue weighted by molar-refractivity contribution is 8.00. The highest BCUT2D eigenvalue weighted by atomic mass is 32.2. The molecule has 8 nitrogen and oxygen atoms in total. The molecule has 0 saturated heterocycles. The van der Waals surface area contributed by atoms with Gasteiger partial charge in [-0.1, -0.05) is 0 Å². The normalized spacial score (nSPS) is 12.5. The molecule has 1 rings (SSSR count). The highest BCUT2D eigenvalue weighted by Crippen LogP contribution is 2.36. The third-order valence-corrected chi connectivity index (χ3v) is 4.65. The van der Waals surface area contributed by atoms with Crippen molar-refractivity contribution in [2.75, 3.05) is 23.9 Å². The van der Waals surface area contributed by atoms with E-state index in [0.29, 0.717) is 0 Å². The van der Waals surface area contributed by atoms with Crippen LogP contribution in [0.3, 0.4) is 0 Å². The van der Waals surface area contributed by atoms with E-state index in [1.165, 1.54) is 12.1 Å². The number of carbonyl (C=O) groups excluding carboxylic acids is 2. The average Bonchev–Trinajstić information content (AvgIpc) is 2.53. The van der Waals surface area contributed by atoms with E-state index in [1.807, 2.05) is 0 Å². The van der Waals surface area contributed by atoms with Crippen LogP contribution in [-0.4, -0.2) is 50.5 Å². The zero-order valence-electron chi connectivity index (χ0n) is 14.5. The fraction of sp³-hybridized carbons (Fsp3) is 0.400. The lowest BCUT2D eigenvalue weighted by atomic mass is 10.3. The van der Waals surface area contributed by atoms with Crippen molar-refractivity contribution in [1.29, 1.82) is 5.26 Å². The SMILES string of the molecule is CS(=O)(=O)CC(NC(=O)Nc1ccc(SC(F)(F)F)cc1)C(=O)NCCC#N. The van der Waals surface area contributed by atoms with Crippen molar-refractivity contribution in [3.63, 3.8) is 0 Å². The van der Waals surface area contributed by atoms with Crippen LogP contribution in [0.15, 0.2) is 29.2 Å². The Bertz CT molecular complexity index is 836. The van der Waals surface area contributed by atoms with Crippen LogP contribution in [0.25, 0.3) is 0 Å². The lowest BCUT2D eigenvalue weighted by Crippen LogP contribution is -2.51. The van der Waals surface area contributed by atoms with Crippen molar-refractivity contribution in [3.05, 3.63) is 24.3 Å². The summed E-state index contributed by atoms with van der Waals surface area (Å²) in [5, 5.41) is 15.3. The molecule has 1 aromatic rings. The van der Waals surface area contributed by atoms with Gasteiger partial charge in [0.05, 0.1) is 18.2 Å². The number of nitriles is 1. The van der Waals surface area contributed by atoms with Crippen molar-refractivity contribution < 1.29 is 31.2 Å². The van der Waals surface area contributed by atoms with Crippen LogP contribution in [-0.2, 0) is 14.6 Å². The smallest absolute Gasteiger partial charge is 0.353 e. The third-order valence-electron chi connectivity index (χ3n) is 2.97. The number of hydrogen-bond donors (Lipinski definition) is 3. The molecule has 0 bridgehead atoms. The first-order valence-corrected chi connectivity index (χ1v) is 10.5. The minimum absolute atomic E-state index is 0.00577. The monoisotopic (exact) mass is 438 g/mol. The first-order valence-electron chi connectivity index (χ1n) is 7.65. The number of benzene rings is 1. The number of alkyl halides is 3. The van der Waals surface area contributed by atoms with Gasteiger partial charge in [-0.2, -0.15) is 18.4 Å². The number of nitrogens with zero attached hydrogens (tertiary/aromatic N) is 1. The second-order valence-corrected chi connectivity index (χ2v) is 8.84. The quantitative estimate of drug-likeness (QED) is 0.420. The maximum atomic E-state index is 12.3. The summed E-state index contributed by atoms with van der Waals surface area (Å²) in [6, 6.07) is 4.23. The second kappa shape index (κ2) is 10.2. The fourth-order valence-electron chi connectivity index (χ4n) is 1.92. The molecule has 0 heterocycles. The Morgan fingerprint density at radius 3 is 2.36 bits per heavy atom. The van der Waals surface area contributed by atoms with Gasteiger partial charge in [-0.05, 0) is 36.0 Å². The van der Waals surface area contributed by atoms with E-state index in [2.05, 4.69) is 16.0 Å². The summed E-state index contributed by atoms with van der Waals surface area (Å²) in [6.07, 6.45) is 0.894. The Kier molecular flexibility index (Phi) is 8.58. The summed E-state index contributed by atoms with van der Waals surface area (Å²) in [6.45, 7) is -0.0166. The maximum Gasteiger partial charge on any atom is 0.446 e. The van der Waals surface area contributed by atoms with Gasteiger partial charge in [-0.25, -0.2) is 13.2 Å². The summed E-state index contributed by atoms with van der Waals surface area (Å²) in [5.41, 5.74) is -4.29. The minimum atomic E-state index is -4.44. The molecule has 0 aliphatic rings. The topological polar surface area (TPSA) is 128 Å². The number of rotatable bonds is 8. The van der Waals surface area contributed by atoms with Crippen LogP contribution in [0.4, 0.5) is 23.7 Å². The van der Waals surface area contributed by atoms with Gasteiger partial charge in [0.15, 0.2) is 0 Å². The summed E-state index contributed by atoms with van der Waals surface area (Å²) in [4.78, 5) is 24.0. The molecular formula is C15H17F3N4O4S2. The van der Waals surface area contributed by atoms with Crippen LogP contribution in [0.5, 0.6) is 0 Å². The predicted octanol–water partition coefficient (Wildman–Crippen LogP) is 1.86. The van der Waals surface area contributed by atoms with Crippen LogP contribution in [0, 0.1) is 11.3 Å². The van der Waals surface area contributed by atoms with Gasteiger partial charge in [0.25, 0.3) is 0 Å². The number of anilines is 1. The Labute approximate surface area is 163 Å². The number of sulfone groups is 1. The van der Waals surface area contributed by atoms with E-state index < -0.39 is 39.1 Å². The van der Waals surface area contributed by atoms with Crippen molar-refractivity contribution >= 4 is 39.2 Å². The van der Waals surface area contributed by atoms with Gasteiger partial charge >= 0.3 is 11.5 Å². The van der Waals surface area contributed by atoms with Crippen molar-refractivity contribution in [3.8, 4) is 6.07 Å². The van der Waals surface area contributed by atoms with Gasteiger partial charge in [0.2, 0.25) is 5.91 Å². The number of amides is 3. The zero-order chi connectivity index (χ0) is 21.4. The molecule has 1 unspecified atom stereocenters. The van der Waals surface area contributed by atoms with Crippen LogP contribution >= 0.6 is 11.8 Å². The number of carbonyl (C=O) groups is 2. The predicted molar refractivity (Wildman–Crippen MR) is 97.2 cm³/mol. The lowest BCUT2D eigenvalue weighted by Gasteiger charge is -2.18. The summed E-state index contributed by atoms with van der Waals surface area (Å²) < 4.78 is 59.8. The van der Waals surface area contributed by atoms with Crippen LogP contribution in [0.1, 0.15) is 6.42 Å². The molecule has 1 atom stereocenters. The van der Waals surface area contributed by atoms with Gasteiger partial charge in [-0.3, -0.25) is 4.79 Å². The van der Waals surface area contributed by atoms with Gasteiger partial charge in [0, 0.05) is 23.4 Å². The molecule has 1 aromatic carbocycles. The van der Waals surface area contributed by atoms with Gasteiger partial charge in [0.1, 0.15) is 15.9 Å². The van der Waals surface area contributed by atoms with E-state index in [9.17, 15) is 31.2 Å². The summed E-state index contributed by atoms with van der Waals surface area (Å²) in [5.74, 6) is -1.45. The lowest BCUT2D eigenvalue weighted by molar-refractivity contribution is -0.122. The molecule has 0 aliphatic heterocycles. The molecule has 28 heavy (non-hydrogen) atoms. The van der Waals surface area contributed by atoms with E-state index in [0.717, 1.165) is 18.4 Å². The molecule has 154 valence electrons. The number of urea groups is 1. The van der Waals surface area contributed by atoms with E-state index in [1.54, 1.807) is 6.07 Å². The van der Waals surface area contributed by atoms with Crippen LogP contribution in [0.2, 0.25) is 0 Å². The standard InChI is InChI=1S/C15H17F3N4O4S2/c1-28(25,26)9-12(13(23)20-8-2-7-19)22-14(24)21-10-3-5-11(6-4-10)27-15(16,17)18/h3-6,12H,2,8-9H2,1H3,(H,20,23)(H2,21,22,24). The van der Waals surface area contributed by atoms with E-state index >= 15 is 0 Å². The summed E-state index contributed by atoms with van der Waals surface area (Å²) in [7, 11) is -3.62. The molecule has 3 amide bonds. The molecule has 13 heteroatoms. The molecule has 0 aromatic heterocycles. The van der Waals surface area contributed by atoms with Crippen molar-refractivity contribution in [2.45, 2.75) is 22.9 Å². The number of thioether (sulfide) groups is 1. The highest BCUT2D eigenvalue weighted by Gasteiger charge is 2.29. The molecule has 0 spiro atoms. The number of hydrogen-bond acceptors (Lipinski definition) is 6. The molecule has 0 aliphatic carbocycles. The minimum Gasteiger partial charge on any atom is -0.353 e. The molecule has 3 N–H and O–H groups in total. The third kappa shape index (κ3) is 10.0. The van der Waals surface area contributed by atoms with E-state index in [4.69, 9.17) is 5.26 Å². The molecule has 0 fully saturated rings. The fourth-order valence-corrected chi connectivity index (χ4v) is 3.30. The number of nitrogens with one attached hydrogen (secondary N) is 3. The largest absolute Gasteiger partial charge is 0.446 e. The number of halogens is 3. The Morgan fingerprint density at radius 1 is 1.25 bits per heavy atom. The first kappa shape index (κ1) is 23.6. The van der Waals surface area contributed by atoms with Crippen molar-refractivity contribution in [2.24, 2.45) is 0 Å². The Hall–Kier alpha value is -2.46. The maximum absolute atomic E-state index is 12.3. The Balaban J connectivity index is 2.74. The molecule has 0 radical (unpaired) electrons. The van der Waals surface area contributed by atoms with Gasteiger partial charge in [-0.15, -0.1) is 0 Å².